The summed E-state index contributed by atoms with van der Waals surface area (Å²) in [7, 11) is 0. The molecule has 0 heterocycles. The van der Waals surface area contributed by atoms with Gasteiger partial charge in [0.25, 0.3) is 0 Å². The Morgan fingerprint density at radius 2 is 0.667 bits per heavy atom. The molecule has 1 N–H and O–H groups in total. The summed E-state index contributed by atoms with van der Waals surface area (Å²) in [5, 5.41) is 0. The zero-order valence-corrected chi connectivity index (χ0v) is 8.09. The van der Waals surface area contributed by atoms with Crippen LogP contribution in [-0.2, 0) is 0 Å². The summed E-state index contributed by atoms with van der Waals surface area (Å²) in [4.78, 5) is 0. The summed E-state index contributed by atoms with van der Waals surface area (Å²) >= 11 is 0. The summed E-state index contributed by atoms with van der Waals surface area (Å²) in [6.07, 6.45) is 0. The maximum Gasteiger partial charge on any atom is 3.00 e. The van der Waals surface area contributed by atoms with Gasteiger partial charge in [-0.1, -0.05) is 0 Å². The van der Waals surface area contributed by atoms with E-state index in [1.54, 1.807) is 0 Å². The van der Waals surface area contributed by atoms with Crippen LogP contribution in [0.3, 0.4) is 0 Å². The van der Waals surface area contributed by atoms with E-state index in [9.17, 15) is 0 Å². The Kier molecular flexibility index (Phi) is 1110. The van der Waals surface area contributed by atoms with Crippen LogP contribution in [0, 0.1) is 64.0 Å². The van der Waals surface area contributed by atoms with Gasteiger partial charge in [-0.2, -0.15) is 0 Å². The number of hydrogen-bond acceptors (Lipinski definition) is 1. The minimum Gasteiger partial charge on any atom is -0.870 e. The minimum atomic E-state index is 0. The molecule has 1 radical (unpaired) electrons. The fourth-order valence-electron chi connectivity index (χ4n) is 0. The van der Waals surface area contributed by atoms with Gasteiger partial charge in [-0.3, -0.25) is 0 Å². The molecule has 0 aliphatic rings. The van der Waals surface area contributed by atoms with Crippen molar-refractivity contribution in [3.8, 4) is 0 Å². The molecule has 0 aliphatic carbocycles. The zero-order chi connectivity index (χ0) is 0. The normalized spacial score (nSPS) is 0. The zero-order valence-electron chi connectivity index (χ0n) is 4.95. The van der Waals surface area contributed by atoms with Gasteiger partial charge in [0.15, 0.2) is 0 Å². The second kappa shape index (κ2) is 65.3. The van der Waals surface area contributed by atoms with Crippen LogP contribution in [0.15, 0.2) is 0 Å². The van der Waals surface area contributed by atoms with Crippen molar-refractivity contribution in [2.75, 3.05) is 0 Å². The van der Waals surface area contributed by atoms with Crippen LogP contribution in [-0.4, -0.2) is 5.48 Å². The van der Waals surface area contributed by atoms with Crippen molar-refractivity contribution >= 4 is 0 Å². The van der Waals surface area contributed by atoms with E-state index < -0.39 is 0 Å². The van der Waals surface area contributed by atoms with Gasteiger partial charge in [-0.05, 0) is 0 Å². The number of rotatable bonds is 0. The van der Waals surface area contributed by atoms with Crippen LogP contribution in [0.25, 0.3) is 0 Å². The molecule has 0 atom stereocenters. The fraction of sp³-hybridized carbons (Fsp3) is 0. The van der Waals surface area contributed by atoms with Crippen molar-refractivity contribution in [2.45, 2.75) is 0 Å². The van der Waals surface area contributed by atoms with Crippen LogP contribution in [0.1, 0.15) is 0 Å². The topological polar surface area (TPSA) is 30.0 Å². The first-order valence-corrected chi connectivity index (χ1v) is 0. The van der Waals surface area contributed by atoms with Crippen LogP contribution < -0.4 is 18.9 Å². The minimum absolute atomic E-state index is 0. The van der Waals surface area contributed by atoms with Crippen LogP contribution in [0.2, 0.25) is 0 Å². The second-order valence-electron chi connectivity index (χ2n) is 0. The molecule has 0 amide bonds. The van der Waals surface area contributed by atoms with Gasteiger partial charge in [0, 0.05) is 0 Å². The Labute approximate surface area is 87.1 Å². The molecular weight excluding hydrogens is 199 g/mol. The molecule has 0 saturated heterocycles. The molecule has 0 saturated carbocycles. The third-order valence-electron chi connectivity index (χ3n) is 0. The molecule has 3 heteroatoms. The van der Waals surface area contributed by atoms with E-state index in [4.69, 9.17) is 0 Å². The number of hydrogen-bond donors (Lipinski definition) is 0. The van der Waals surface area contributed by atoms with Crippen LogP contribution >= 0.6 is 0 Å². The van der Waals surface area contributed by atoms with Crippen molar-refractivity contribution in [3.05, 3.63) is 22.3 Å². The van der Waals surface area contributed by atoms with Crippen molar-refractivity contribution in [1.82, 2.24) is 0 Å². The van der Waals surface area contributed by atoms with E-state index >= 15 is 0 Å². The van der Waals surface area contributed by atoms with Gasteiger partial charge in [0.05, 0.1) is 0 Å². The molecule has 0 unspecified atom stereocenters. The Hall–Kier alpha value is 1.93. The molecule has 0 aromatic carbocycles. The van der Waals surface area contributed by atoms with Gasteiger partial charge in [0.1, 0.15) is 0 Å². The van der Waals surface area contributed by atoms with E-state index in [1.165, 1.54) is 0 Å². The molecule has 33 valence electrons. The van der Waals surface area contributed by atoms with E-state index in [1.807, 2.05) is 0 Å². The van der Waals surface area contributed by atoms with E-state index in [0.29, 0.717) is 0 Å². The summed E-state index contributed by atoms with van der Waals surface area (Å²) in [5.41, 5.74) is 0. The quantitative estimate of drug-likeness (QED) is 0.341. The van der Waals surface area contributed by atoms with Crippen molar-refractivity contribution in [3.63, 3.8) is 0 Å². The molecule has 0 fully saturated rings. The van der Waals surface area contributed by atoms with Crippen molar-refractivity contribution < 1.29 is 66.1 Å². The monoisotopic (exact) mass is 209 g/mol. The average molecular weight is 209 g/mol. The predicted molar refractivity (Wildman–Crippen MR) is 21.2 cm³/mol. The molecule has 1 nitrogen and oxygen atoms in total. The molecule has 6 heavy (non-hydrogen) atoms. The standard InChI is InChI=1S/3CH3.Ce.Li.H2O/h3*1H3;;;1H2/q3*-1;+3;+1;/p-1. The predicted octanol–water partition coefficient (Wildman–Crippen LogP) is -1.82. The van der Waals surface area contributed by atoms with Crippen molar-refractivity contribution in [1.29, 1.82) is 0 Å². The summed E-state index contributed by atoms with van der Waals surface area (Å²) in [5.74, 6) is 0. The summed E-state index contributed by atoms with van der Waals surface area (Å²) < 4.78 is 0. The van der Waals surface area contributed by atoms with E-state index in [0.717, 1.165) is 0 Å². The molecule has 0 aliphatic heterocycles. The molecule has 0 aromatic heterocycles. The van der Waals surface area contributed by atoms with Crippen LogP contribution in [0.5, 0.6) is 0 Å². The molecule has 0 bridgehead atoms. The Morgan fingerprint density at radius 3 is 0.667 bits per heavy atom. The van der Waals surface area contributed by atoms with Crippen molar-refractivity contribution in [2.24, 2.45) is 0 Å². The molecule has 0 spiro atoms. The molecular formula is C3H10CeLiO. The van der Waals surface area contributed by atoms with Gasteiger partial charge < -0.3 is 27.8 Å². The van der Waals surface area contributed by atoms with E-state index in [-0.39, 0.29) is 88.4 Å². The summed E-state index contributed by atoms with van der Waals surface area (Å²) in [6.45, 7) is 0. The SMILES string of the molecule is [CH3-].[CH3-].[CH3-].[Ce+3].[Li+].[OH-]. The maximum atomic E-state index is 0. The molecule has 0 aromatic rings. The third-order valence-corrected chi connectivity index (χ3v) is 0. The van der Waals surface area contributed by atoms with Gasteiger partial charge in [-0.15, -0.1) is 0 Å². The third kappa shape index (κ3) is 38.6. The first-order chi connectivity index (χ1) is 0. The van der Waals surface area contributed by atoms with Crippen LogP contribution in [0.4, 0.5) is 0 Å². The Balaban J connectivity index is 0. The average Bonchev–Trinajstić information content (AvgIpc) is 0. The van der Waals surface area contributed by atoms with E-state index in [2.05, 4.69) is 0 Å². The first-order valence-electron chi connectivity index (χ1n) is 0. The maximum absolute atomic E-state index is 0. The van der Waals surface area contributed by atoms with Gasteiger partial charge in [-0.25, -0.2) is 0 Å². The largest absolute Gasteiger partial charge is 3.00 e. The fourth-order valence-corrected chi connectivity index (χ4v) is 0. The van der Waals surface area contributed by atoms with Gasteiger partial charge in [0.2, 0.25) is 0 Å². The first kappa shape index (κ1) is 102. The Bertz CT molecular complexity index is 10.8. The smallest absolute Gasteiger partial charge is 0.870 e. The van der Waals surface area contributed by atoms with Gasteiger partial charge >= 0.3 is 60.6 Å². The molecule has 0 rings (SSSR count). The second-order valence-corrected chi connectivity index (χ2v) is 0. The summed E-state index contributed by atoms with van der Waals surface area (Å²) in [6, 6.07) is 0. The Morgan fingerprint density at radius 1 is 0.667 bits per heavy atom.